The molecule has 162 valence electrons. The molecule has 0 N–H and O–H groups in total. The Bertz CT molecular complexity index is 1220. The number of nitrogens with zero attached hydrogens (tertiary/aromatic N) is 2. The largest absolute Gasteiger partial charge is 0.459 e. The summed E-state index contributed by atoms with van der Waals surface area (Å²) in [4.78, 5) is 24.9. The average molecular weight is 428 g/mol. The van der Waals surface area contributed by atoms with Gasteiger partial charge in [-0.3, -0.25) is 4.79 Å². The number of esters is 1. The summed E-state index contributed by atoms with van der Waals surface area (Å²) in [7, 11) is 0. The van der Waals surface area contributed by atoms with Crippen LogP contribution in [0.4, 0.5) is 5.69 Å². The Kier molecular flexibility index (Phi) is 5.77. The van der Waals surface area contributed by atoms with Crippen LogP contribution in [-0.2, 0) is 9.53 Å². The minimum Gasteiger partial charge on any atom is -0.459 e. The fraction of sp³-hybridized carbons (Fsp3) is 0.192. The van der Waals surface area contributed by atoms with Gasteiger partial charge in [-0.15, -0.1) is 0 Å². The van der Waals surface area contributed by atoms with E-state index in [1.54, 1.807) is 43.3 Å². The molecule has 0 saturated heterocycles. The van der Waals surface area contributed by atoms with Gasteiger partial charge in [0.2, 0.25) is 0 Å². The van der Waals surface area contributed by atoms with Gasteiger partial charge in [0.25, 0.3) is 5.91 Å². The fourth-order valence-electron chi connectivity index (χ4n) is 3.33. The lowest BCUT2D eigenvalue weighted by Gasteiger charge is -2.11. The third-order valence-electron chi connectivity index (χ3n) is 5.00. The molecule has 0 unspecified atom stereocenters. The van der Waals surface area contributed by atoms with E-state index in [1.165, 1.54) is 5.01 Å². The van der Waals surface area contributed by atoms with E-state index in [4.69, 9.17) is 9.15 Å². The number of furan rings is 1. The van der Waals surface area contributed by atoms with E-state index in [9.17, 15) is 9.59 Å². The zero-order chi connectivity index (χ0) is 22.8. The molecule has 32 heavy (non-hydrogen) atoms. The number of benzene rings is 2. The van der Waals surface area contributed by atoms with Crippen LogP contribution in [0.5, 0.6) is 0 Å². The summed E-state index contributed by atoms with van der Waals surface area (Å²) in [5, 5.41) is 5.81. The Labute approximate surface area is 186 Å². The van der Waals surface area contributed by atoms with Crippen molar-refractivity contribution in [3.63, 3.8) is 0 Å². The standard InChI is InChI=1S/C26H24N2O4/c1-16(2)31-26(30)20-9-7-19(8-10-20)24-14-13-22(32-24)15-23-18(4)27-28(25(23)29)21-11-5-17(3)6-12-21/h5-16H,1-4H3/b23-15-. The number of hydrazone groups is 1. The minimum atomic E-state index is -0.357. The average Bonchev–Trinajstić information content (AvgIpc) is 3.34. The zero-order valence-electron chi connectivity index (χ0n) is 18.5. The van der Waals surface area contributed by atoms with Crippen molar-refractivity contribution in [3.8, 4) is 11.3 Å². The molecule has 0 saturated carbocycles. The Morgan fingerprint density at radius 1 is 1.00 bits per heavy atom. The second-order valence-corrected chi connectivity index (χ2v) is 7.93. The van der Waals surface area contributed by atoms with Crippen LogP contribution < -0.4 is 5.01 Å². The quantitative estimate of drug-likeness (QED) is 0.390. The van der Waals surface area contributed by atoms with Crippen molar-refractivity contribution < 1.29 is 18.7 Å². The highest BCUT2D eigenvalue weighted by atomic mass is 16.5. The van der Waals surface area contributed by atoms with Crippen LogP contribution in [0.2, 0.25) is 0 Å². The summed E-state index contributed by atoms with van der Waals surface area (Å²) in [6.07, 6.45) is 1.53. The molecule has 3 aromatic rings. The van der Waals surface area contributed by atoms with Gasteiger partial charge in [0.05, 0.1) is 28.6 Å². The van der Waals surface area contributed by atoms with E-state index in [1.807, 2.05) is 51.1 Å². The highest BCUT2D eigenvalue weighted by molar-refractivity contribution is 6.32. The van der Waals surface area contributed by atoms with E-state index >= 15 is 0 Å². The van der Waals surface area contributed by atoms with Gasteiger partial charge >= 0.3 is 5.97 Å². The first-order chi connectivity index (χ1) is 15.3. The molecule has 1 aromatic heterocycles. The monoisotopic (exact) mass is 428 g/mol. The molecule has 2 heterocycles. The molecule has 2 aromatic carbocycles. The molecule has 1 aliphatic heterocycles. The van der Waals surface area contributed by atoms with Gasteiger partial charge in [0.1, 0.15) is 11.5 Å². The number of carbonyl (C=O) groups excluding carboxylic acids is 2. The summed E-state index contributed by atoms with van der Waals surface area (Å²) in [6.45, 7) is 7.42. The van der Waals surface area contributed by atoms with Gasteiger partial charge in [-0.2, -0.15) is 10.1 Å². The molecule has 6 nitrogen and oxygen atoms in total. The van der Waals surface area contributed by atoms with Crippen molar-refractivity contribution in [2.75, 3.05) is 5.01 Å². The van der Waals surface area contributed by atoms with Gasteiger partial charge in [-0.1, -0.05) is 29.8 Å². The molecular weight excluding hydrogens is 404 g/mol. The maximum Gasteiger partial charge on any atom is 0.338 e. The molecule has 0 fully saturated rings. The van der Waals surface area contributed by atoms with E-state index < -0.39 is 0 Å². The van der Waals surface area contributed by atoms with Crippen molar-refractivity contribution in [2.24, 2.45) is 5.10 Å². The molecule has 0 aliphatic carbocycles. The third-order valence-corrected chi connectivity index (χ3v) is 5.00. The third kappa shape index (κ3) is 4.39. The lowest BCUT2D eigenvalue weighted by atomic mass is 10.1. The van der Waals surface area contributed by atoms with Crippen LogP contribution in [0.25, 0.3) is 17.4 Å². The molecule has 4 rings (SSSR count). The predicted octanol–water partition coefficient (Wildman–Crippen LogP) is 5.63. The number of anilines is 1. The molecular formula is C26H24N2O4. The minimum absolute atomic E-state index is 0.171. The lowest BCUT2D eigenvalue weighted by Crippen LogP contribution is -2.21. The summed E-state index contributed by atoms with van der Waals surface area (Å²) in [5.41, 5.74) is 4.25. The summed E-state index contributed by atoms with van der Waals surface area (Å²) >= 11 is 0. The van der Waals surface area contributed by atoms with Gasteiger partial charge < -0.3 is 9.15 Å². The Balaban J connectivity index is 1.53. The van der Waals surface area contributed by atoms with E-state index in [2.05, 4.69) is 5.10 Å². The first-order valence-electron chi connectivity index (χ1n) is 10.4. The highest BCUT2D eigenvalue weighted by Gasteiger charge is 2.29. The van der Waals surface area contributed by atoms with E-state index in [-0.39, 0.29) is 18.0 Å². The maximum atomic E-state index is 12.9. The smallest absolute Gasteiger partial charge is 0.338 e. The molecule has 6 heteroatoms. The maximum absolute atomic E-state index is 12.9. The number of carbonyl (C=O) groups is 2. The van der Waals surface area contributed by atoms with Crippen LogP contribution in [-0.4, -0.2) is 23.7 Å². The van der Waals surface area contributed by atoms with Crippen molar-refractivity contribution in [1.82, 2.24) is 0 Å². The lowest BCUT2D eigenvalue weighted by molar-refractivity contribution is -0.114. The van der Waals surface area contributed by atoms with E-state index in [0.717, 1.165) is 16.8 Å². The topological polar surface area (TPSA) is 72.1 Å². The summed E-state index contributed by atoms with van der Waals surface area (Å²) in [6, 6.07) is 18.3. The van der Waals surface area contributed by atoms with Crippen LogP contribution in [0, 0.1) is 6.92 Å². The SMILES string of the molecule is CC1=NN(c2ccc(C)cc2)C(=O)/C1=C\c1ccc(-c2ccc(C(=O)OC(C)C)cc2)o1. The van der Waals surface area contributed by atoms with Crippen LogP contribution in [0.1, 0.15) is 42.5 Å². The van der Waals surface area contributed by atoms with Crippen LogP contribution in [0.15, 0.2) is 75.8 Å². The molecule has 1 aliphatic rings. The predicted molar refractivity (Wildman–Crippen MR) is 124 cm³/mol. The number of hydrogen-bond donors (Lipinski definition) is 0. The van der Waals surface area contributed by atoms with Gasteiger partial charge in [0.15, 0.2) is 0 Å². The Morgan fingerprint density at radius 2 is 1.69 bits per heavy atom. The fourth-order valence-corrected chi connectivity index (χ4v) is 3.33. The second-order valence-electron chi connectivity index (χ2n) is 7.93. The first kappa shape index (κ1) is 21.3. The van der Waals surface area contributed by atoms with Crippen LogP contribution >= 0.6 is 0 Å². The van der Waals surface area contributed by atoms with Gasteiger partial charge in [-0.05, 0) is 70.2 Å². The first-order valence-corrected chi connectivity index (χ1v) is 10.4. The van der Waals surface area contributed by atoms with Gasteiger partial charge in [-0.25, -0.2) is 4.79 Å². The zero-order valence-corrected chi connectivity index (χ0v) is 18.5. The summed E-state index contributed by atoms with van der Waals surface area (Å²) in [5.74, 6) is 0.629. The number of ether oxygens (including phenoxy) is 1. The molecule has 0 radical (unpaired) electrons. The molecule has 1 amide bonds. The van der Waals surface area contributed by atoms with Crippen molar-refractivity contribution in [3.05, 3.63) is 83.1 Å². The number of rotatable bonds is 5. The number of hydrogen-bond acceptors (Lipinski definition) is 5. The Hall–Kier alpha value is -3.93. The van der Waals surface area contributed by atoms with Crippen molar-refractivity contribution in [2.45, 2.75) is 33.8 Å². The van der Waals surface area contributed by atoms with E-state index in [0.29, 0.717) is 28.4 Å². The van der Waals surface area contributed by atoms with Crippen LogP contribution in [0.3, 0.4) is 0 Å². The second kappa shape index (κ2) is 8.67. The summed E-state index contributed by atoms with van der Waals surface area (Å²) < 4.78 is 11.1. The Morgan fingerprint density at radius 3 is 2.34 bits per heavy atom. The molecule has 0 atom stereocenters. The van der Waals surface area contributed by atoms with Crippen molar-refractivity contribution >= 4 is 29.4 Å². The molecule has 0 bridgehead atoms. The normalized spacial score (nSPS) is 14.9. The van der Waals surface area contributed by atoms with Crippen molar-refractivity contribution in [1.29, 1.82) is 0 Å². The van der Waals surface area contributed by atoms with Gasteiger partial charge in [0, 0.05) is 5.56 Å². The highest BCUT2D eigenvalue weighted by Crippen LogP contribution is 2.28. The number of amides is 1. The number of aryl methyl sites for hydroxylation is 1. The molecule has 0 spiro atoms.